The molecule has 0 bridgehead atoms. The van der Waals surface area contributed by atoms with Gasteiger partial charge in [-0.3, -0.25) is 4.79 Å². The fraction of sp³-hybridized carbons (Fsp3) is 0.269. The molecule has 1 aliphatic heterocycles. The van der Waals surface area contributed by atoms with Gasteiger partial charge in [-0.1, -0.05) is 0 Å². The molecular weight excluding hydrogens is 405 g/mol. The van der Waals surface area contributed by atoms with Crippen molar-refractivity contribution in [1.82, 2.24) is 4.90 Å². The molecule has 1 unspecified atom stereocenters. The summed E-state index contributed by atoms with van der Waals surface area (Å²) in [6.45, 7) is 2.07. The Morgan fingerprint density at radius 1 is 0.906 bits per heavy atom. The molecule has 6 heteroatoms. The predicted octanol–water partition coefficient (Wildman–Crippen LogP) is 5.03. The van der Waals surface area contributed by atoms with Crippen LogP contribution in [0.4, 0.5) is 15.8 Å². The minimum absolute atomic E-state index is 0.0973. The van der Waals surface area contributed by atoms with E-state index in [1.165, 1.54) is 17.8 Å². The summed E-state index contributed by atoms with van der Waals surface area (Å²) in [5.74, 6) is 0.715. The van der Waals surface area contributed by atoms with Crippen molar-refractivity contribution >= 4 is 17.3 Å². The first-order chi connectivity index (χ1) is 15.4. The average molecular weight is 434 g/mol. The number of nitrogens with zero attached hydrogens (tertiary/aromatic N) is 3. The lowest BCUT2D eigenvalue weighted by Crippen LogP contribution is -2.31. The summed E-state index contributed by atoms with van der Waals surface area (Å²) >= 11 is 0. The lowest BCUT2D eigenvalue weighted by molar-refractivity contribution is 0.0993. The summed E-state index contributed by atoms with van der Waals surface area (Å²) < 4.78 is 18.7. The number of hydrogen-bond acceptors (Lipinski definition) is 4. The molecule has 0 aliphatic carbocycles. The number of halogens is 1. The van der Waals surface area contributed by atoms with Crippen molar-refractivity contribution in [2.75, 3.05) is 44.0 Å². The van der Waals surface area contributed by atoms with Crippen LogP contribution >= 0.6 is 0 Å². The van der Waals surface area contributed by atoms with Gasteiger partial charge in [-0.25, -0.2) is 4.39 Å². The predicted molar refractivity (Wildman–Crippen MR) is 126 cm³/mol. The molecule has 1 atom stereocenters. The maximum absolute atomic E-state index is 13.0. The summed E-state index contributed by atoms with van der Waals surface area (Å²) in [5, 5.41) is 0. The molecule has 166 valence electrons. The number of hydrogen-bond donors (Lipinski definition) is 0. The van der Waals surface area contributed by atoms with Gasteiger partial charge in [-0.2, -0.15) is 0 Å². The maximum atomic E-state index is 13.0. The van der Waals surface area contributed by atoms with Crippen LogP contribution in [0.5, 0.6) is 11.5 Å². The zero-order chi connectivity index (χ0) is 22.7. The van der Waals surface area contributed by atoms with Crippen LogP contribution in [-0.2, 0) is 0 Å². The van der Waals surface area contributed by atoms with Crippen molar-refractivity contribution in [3.63, 3.8) is 0 Å². The molecule has 1 fully saturated rings. The largest absolute Gasteiger partial charge is 0.457 e. The monoisotopic (exact) mass is 433 g/mol. The molecule has 4 rings (SSSR count). The molecule has 0 N–H and O–H groups in total. The van der Waals surface area contributed by atoms with Crippen molar-refractivity contribution in [3.05, 3.63) is 84.2 Å². The van der Waals surface area contributed by atoms with Crippen molar-refractivity contribution in [2.45, 2.75) is 12.5 Å². The van der Waals surface area contributed by atoms with Crippen LogP contribution in [0.15, 0.2) is 72.8 Å². The Kier molecular flexibility index (Phi) is 6.42. The molecule has 1 amide bonds. The Balaban J connectivity index is 1.39. The summed E-state index contributed by atoms with van der Waals surface area (Å²) in [5.41, 5.74) is 2.59. The summed E-state index contributed by atoms with van der Waals surface area (Å²) in [6.07, 6.45) is 1.16. The Morgan fingerprint density at radius 3 is 2.06 bits per heavy atom. The smallest absolute Gasteiger partial charge is 0.258 e. The molecule has 3 aromatic carbocycles. The topological polar surface area (TPSA) is 36.0 Å². The molecule has 0 saturated carbocycles. The SMILES string of the molecule is CN(C(=O)c1ccc(Oc2ccc(F)cc2)cc1)c1ccc(N2CCC(N(C)C)C2)cc1. The standard InChI is InChI=1S/C26H28FN3O2/c1-28(2)23-16-17-30(18-23)22-10-8-21(9-11-22)29(3)26(31)19-4-12-24(13-5-19)32-25-14-6-20(27)7-15-25/h4-15,23H,16-18H2,1-3H3. The van der Waals surface area contributed by atoms with E-state index in [1.807, 2.05) is 12.1 Å². The van der Waals surface area contributed by atoms with E-state index in [2.05, 4.69) is 36.0 Å². The van der Waals surface area contributed by atoms with Gasteiger partial charge >= 0.3 is 0 Å². The highest BCUT2D eigenvalue weighted by molar-refractivity contribution is 6.05. The molecular formula is C26H28FN3O2. The Hall–Kier alpha value is -3.38. The third-order valence-electron chi connectivity index (χ3n) is 5.95. The van der Waals surface area contributed by atoms with Gasteiger partial charge < -0.3 is 19.4 Å². The summed E-state index contributed by atoms with van der Waals surface area (Å²) in [6, 6.07) is 21.5. The third kappa shape index (κ3) is 4.92. The minimum atomic E-state index is -0.312. The number of benzene rings is 3. The minimum Gasteiger partial charge on any atom is -0.457 e. The van der Waals surface area contributed by atoms with E-state index in [0.29, 0.717) is 23.1 Å². The van der Waals surface area contributed by atoms with Crippen molar-refractivity contribution in [2.24, 2.45) is 0 Å². The van der Waals surface area contributed by atoms with Gasteiger partial charge in [0, 0.05) is 43.1 Å². The van der Waals surface area contributed by atoms with E-state index in [9.17, 15) is 9.18 Å². The molecule has 1 heterocycles. The number of rotatable bonds is 6. The van der Waals surface area contributed by atoms with Gasteiger partial charge in [-0.15, -0.1) is 0 Å². The molecule has 1 aliphatic rings. The number of anilines is 2. The van der Waals surface area contributed by atoms with Crippen LogP contribution in [0.1, 0.15) is 16.8 Å². The van der Waals surface area contributed by atoms with Crippen LogP contribution in [0.2, 0.25) is 0 Å². The van der Waals surface area contributed by atoms with Gasteiger partial charge in [0.2, 0.25) is 0 Å². The average Bonchev–Trinajstić information content (AvgIpc) is 3.31. The van der Waals surface area contributed by atoms with E-state index in [0.717, 1.165) is 25.2 Å². The van der Waals surface area contributed by atoms with E-state index in [-0.39, 0.29) is 11.7 Å². The maximum Gasteiger partial charge on any atom is 0.258 e. The quantitative estimate of drug-likeness (QED) is 0.546. The zero-order valence-electron chi connectivity index (χ0n) is 18.7. The lowest BCUT2D eigenvalue weighted by Gasteiger charge is -2.23. The normalized spacial score (nSPS) is 15.8. The van der Waals surface area contributed by atoms with Crippen LogP contribution in [0.25, 0.3) is 0 Å². The number of likely N-dealkylation sites (N-methyl/N-ethyl adjacent to an activating group) is 1. The number of ether oxygens (including phenoxy) is 1. The Bertz CT molecular complexity index is 1050. The summed E-state index contributed by atoms with van der Waals surface area (Å²) in [4.78, 5) is 19.2. The second-order valence-corrected chi connectivity index (χ2v) is 8.31. The highest BCUT2D eigenvalue weighted by atomic mass is 19.1. The first kappa shape index (κ1) is 21.8. The molecule has 1 saturated heterocycles. The van der Waals surface area contributed by atoms with E-state index in [4.69, 9.17) is 4.74 Å². The van der Waals surface area contributed by atoms with E-state index < -0.39 is 0 Å². The fourth-order valence-corrected chi connectivity index (χ4v) is 3.90. The fourth-order valence-electron chi connectivity index (χ4n) is 3.90. The number of carbonyl (C=O) groups is 1. The lowest BCUT2D eigenvalue weighted by atomic mass is 10.1. The van der Waals surface area contributed by atoms with Gasteiger partial charge in [0.25, 0.3) is 5.91 Å². The molecule has 5 nitrogen and oxygen atoms in total. The first-order valence-electron chi connectivity index (χ1n) is 10.7. The van der Waals surface area contributed by atoms with Crippen molar-refractivity contribution in [1.29, 1.82) is 0 Å². The Morgan fingerprint density at radius 2 is 1.50 bits per heavy atom. The van der Waals surface area contributed by atoms with Gasteiger partial charge in [-0.05, 0) is 93.3 Å². The molecule has 0 radical (unpaired) electrons. The van der Waals surface area contributed by atoms with Gasteiger partial charge in [0.05, 0.1) is 0 Å². The second-order valence-electron chi connectivity index (χ2n) is 8.31. The first-order valence-corrected chi connectivity index (χ1v) is 10.7. The van der Waals surface area contributed by atoms with Crippen LogP contribution in [0, 0.1) is 5.82 Å². The van der Waals surface area contributed by atoms with Crippen molar-refractivity contribution in [3.8, 4) is 11.5 Å². The van der Waals surface area contributed by atoms with E-state index >= 15 is 0 Å². The molecule has 3 aromatic rings. The van der Waals surface area contributed by atoms with E-state index in [1.54, 1.807) is 48.3 Å². The van der Waals surface area contributed by atoms with Crippen molar-refractivity contribution < 1.29 is 13.9 Å². The highest BCUT2D eigenvalue weighted by Gasteiger charge is 2.24. The Labute approximate surface area is 188 Å². The van der Waals surface area contributed by atoms with Crippen LogP contribution in [0.3, 0.4) is 0 Å². The van der Waals surface area contributed by atoms with Crippen LogP contribution < -0.4 is 14.5 Å². The zero-order valence-corrected chi connectivity index (χ0v) is 18.7. The summed E-state index contributed by atoms with van der Waals surface area (Å²) in [7, 11) is 6.02. The van der Waals surface area contributed by atoms with Gasteiger partial charge in [0.1, 0.15) is 17.3 Å². The second kappa shape index (κ2) is 9.40. The third-order valence-corrected chi connectivity index (χ3v) is 5.95. The molecule has 0 spiro atoms. The molecule has 32 heavy (non-hydrogen) atoms. The molecule has 0 aromatic heterocycles. The number of amides is 1. The highest BCUT2D eigenvalue weighted by Crippen LogP contribution is 2.26. The van der Waals surface area contributed by atoms with Gasteiger partial charge in [0.15, 0.2) is 0 Å². The number of carbonyl (C=O) groups excluding carboxylic acids is 1. The van der Waals surface area contributed by atoms with Crippen LogP contribution in [-0.4, -0.2) is 51.1 Å².